The number of nitrogens with one attached hydrogen (secondary N) is 1. The first-order valence-electron chi connectivity index (χ1n) is 7.62. The monoisotopic (exact) mass is 364 g/mol. The molecule has 0 bridgehead atoms. The summed E-state index contributed by atoms with van der Waals surface area (Å²) in [6.45, 7) is 0.0661. The molecule has 1 amide bonds. The van der Waals surface area contributed by atoms with Gasteiger partial charge in [-0.25, -0.2) is 0 Å². The Balaban J connectivity index is 1.65. The van der Waals surface area contributed by atoms with Crippen LogP contribution >= 0.6 is 0 Å². The smallest absolute Gasteiger partial charge is 0.497 e. The van der Waals surface area contributed by atoms with Crippen molar-refractivity contribution in [2.75, 3.05) is 12.4 Å². The van der Waals surface area contributed by atoms with Crippen LogP contribution in [0, 0.1) is 0 Å². The van der Waals surface area contributed by atoms with Gasteiger partial charge in [-0.15, -0.1) is 13.2 Å². The highest BCUT2D eigenvalue weighted by atomic mass is 19.4. The number of ether oxygens (including phenoxy) is 2. The average molecular weight is 364 g/mol. The lowest BCUT2D eigenvalue weighted by Crippen LogP contribution is -2.18. The predicted molar refractivity (Wildman–Crippen MR) is 90.2 cm³/mol. The average Bonchev–Trinajstić information content (AvgIpc) is 2.97. The highest BCUT2D eigenvalue weighted by Gasteiger charge is 2.30. The highest BCUT2D eigenvalue weighted by molar-refractivity contribution is 5.92. The second-order valence-corrected chi connectivity index (χ2v) is 5.49. The van der Waals surface area contributed by atoms with Crippen molar-refractivity contribution in [1.29, 1.82) is 0 Å². The van der Waals surface area contributed by atoms with E-state index in [1.54, 1.807) is 23.9 Å². The van der Waals surface area contributed by atoms with Gasteiger partial charge < -0.3 is 19.4 Å². The van der Waals surface area contributed by atoms with E-state index >= 15 is 0 Å². The topological polar surface area (TPSA) is 52.5 Å². The summed E-state index contributed by atoms with van der Waals surface area (Å²) in [5.74, 6) is 0.0736. The Labute approximate surface area is 146 Å². The number of hydrogen-bond donors (Lipinski definition) is 1. The van der Waals surface area contributed by atoms with Crippen molar-refractivity contribution in [2.45, 2.75) is 12.9 Å². The fraction of sp³-hybridized carbons (Fsp3) is 0.167. The summed E-state index contributed by atoms with van der Waals surface area (Å²) in [5, 5.41) is 3.57. The fourth-order valence-electron chi connectivity index (χ4n) is 2.54. The van der Waals surface area contributed by atoms with E-state index in [1.165, 1.54) is 12.1 Å². The van der Waals surface area contributed by atoms with E-state index in [-0.39, 0.29) is 18.2 Å². The van der Waals surface area contributed by atoms with Crippen LogP contribution in [0.5, 0.6) is 11.5 Å². The third kappa shape index (κ3) is 4.27. The number of methoxy groups -OCH3 is 1. The number of benzene rings is 2. The van der Waals surface area contributed by atoms with Crippen molar-refractivity contribution < 1.29 is 27.4 Å². The van der Waals surface area contributed by atoms with E-state index in [4.69, 9.17) is 4.74 Å². The van der Waals surface area contributed by atoms with Crippen LogP contribution in [0.3, 0.4) is 0 Å². The van der Waals surface area contributed by atoms with Gasteiger partial charge >= 0.3 is 6.36 Å². The molecule has 1 heterocycles. The predicted octanol–water partition coefficient (Wildman–Crippen LogP) is 4.19. The molecule has 3 aromatic rings. The second-order valence-electron chi connectivity index (χ2n) is 5.49. The Kier molecular flexibility index (Phi) is 4.75. The minimum absolute atomic E-state index is 0.0661. The number of fused-ring (bicyclic) bond motifs is 1. The molecule has 1 N–H and O–H groups in total. The lowest BCUT2D eigenvalue weighted by Gasteiger charge is -2.10. The molecule has 0 aliphatic carbocycles. The number of amides is 1. The number of alkyl halides is 3. The Morgan fingerprint density at radius 3 is 2.42 bits per heavy atom. The Bertz CT molecular complexity index is 918. The van der Waals surface area contributed by atoms with Gasteiger partial charge in [-0.2, -0.15) is 0 Å². The normalized spacial score (nSPS) is 11.4. The van der Waals surface area contributed by atoms with Crippen molar-refractivity contribution in [1.82, 2.24) is 4.57 Å². The standard InChI is InChI=1S/C18H15F3N2O3/c1-25-15-6-7-16-12(10-15)8-9-23(16)11-17(24)22-13-2-4-14(5-3-13)26-18(19,20)21/h2-10H,11H2,1H3,(H,22,24). The summed E-state index contributed by atoms with van der Waals surface area (Å²) in [5.41, 5.74) is 1.25. The number of halogens is 3. The molecule has 0 fully saturated rings. The summed E-state index contributed by atoms with van der Waals surface area (Å²) in [4.78, 5) is 12.2. The van der Waals surface area contributed by atoms with Crippen LogP contribution in [0.25, 0.3) is 10.9 Å². The first-order chi connectivity index (χ1) is 12.3. The van der Waals surface area contributed by atoms with Crippen LogP contribution < -0.4 is 14.8 Å². The largest absolute Gasteiger partial charge is 0.573 e. The molecule has 0 aliphatic rings. The van der Waals surface area contributed by atoms with Crippen molar-refractivity contribution in [3.05, 3.63) is 54.7 Å². The molecule has 0 saturated heterocycles. The number of nitrogens with zero attached hydrogens (tertiary/aromatic N) is 1. The summed E-state index contributed by atoms with van der Waals surface area (Å²) in [6.07, 6.45) is -2.97. The number of carbonyl (C=O) groups is 1. The zero-order valence-electron chi connectivity index (χ0n) is 13.7. The van der Waals surface area contributed by atoms with E-state index < -0.39 is 6.36 Å². The SMILES string of the molecule is COc1ccc2c(ccn2CC(=O)Nc2ccc(OC(F)(F)F)cc2)c1. The van der Waals surface area contributed by atoms with E-state index in [1.807, 2.05) is 18.2 Å². The first kappa shape index (κ1) is 17.7. The number of aromatic nitrogens is 1. The lowest BCUT2D eigenvalue weighted by atomic mass is 10.2. The van der Waals surface area contributed by atoms with Crippen molar-refractivity contribution >= 4 is 22.5 Å². The van der Waals surface area contributed by atoms with Crippen molar-refractivity contribution in [2.24, 2.45) is 0 Å². The molecular weight excluding hydrogens is 349 g/mol. The van der Waals surface area contributed by atoms with Gasteiger partial charge in [0.2, 0.25) is 5.91 Å². The zero-order chi connectivity index (χ0) is 18.7. The molecule has 2 aromatic carbocycles. The molecule has 1 aromatic heterocycles. The third-order valence-electron chi connectivity index (χ3n) is 3.66. The van der Waals surface area contributed by atoms with E-state index in [9.17, 15) is 18.0 Å². The molecule has 136 valence electrons. The minimum atomic E-state index is -4.75. The Hall–Kier alpha value is -3.16. The second kappa shape index (κ2) is 6.99. The van der Waals surface area contributed by atoms with Gasteiger partial charge in [0.05, 0.1) is 7.11 Å². The van der Waals surface area contributed by atoms with Gasteiger partial charge in [-0.05, 0) is 48.5 Å². The van der Waals surface area contributed by atoms with Gasteiger partial charge in [0.25, 0.3) is 0 Å². The summed E-state index contributed by atoms with van der Waals surface area (Å²) < 4.78 is 47.1. The molecular formula is C18H15F3N2O3. The van der Waals surface area contributed by atoms with Crippen LogP contribution in [0.15, 0.2) is 54.7 Å². The first-order valence-corrected chi connectivity index (χ1v) is 7.62. The van der Waals surface area contributed by atoms with E-state index in [0.717, 1.165) is 28.8 Å². The highest BCUT2D eigenvalue weighted by Crippen LogP contribution is 2.24. The molecule has 5 nitrogen and oxygen atoms in total. The van der Waals surface area contributed by atoms with Gasteiger partial charge in [0.1, 0.15) is 18.0 Å². The number of rotatable bonds is 5. The zero-order valence-corrected chi connectivity index (χ0v) is 13.7. The van der Waals surface area contributed by atoms with Gasteiger partial charge in [0.15, 0.2) is 0 Å². The van der Waals surface area contributed by atoms with Crippen LogP contribution in [-0.2, 0) is 11.3 Å². The van der Waals surface area contributed by atoms with Gasteiger partial charge in [-0.1, -0.05) is 0 Å². The molecule has 0 aliphatic heterocycles. The summed E-state index contributed by atoms with van der Waals surface area (Å²) >= 11 is 0. The van der Waals surface area contributed by atoms with E-state index in [2.05, 4.69) is 10.1 Å². The van der Waals surface area contributed by atoms with Crippen molar-refractivity contribution in [3.63, 3.8) is 0 Å². The molecule has 0 unspecified atom stereocenters. The maximum Gasteiger partial charge on any atom is 0.573 e. The number of anilines is 1. The molecule has 8 heteroatoms. The summed E-state index contributed by atoms with van der Waals surface area (Å²) in [7, 11) is 1.58. The van der Waals surface area contributed by atoms with Crippen LogP contribution in [0.1, 0.15) is 0 Å². The number of hydrogen-bond acceptors (Lipinski definition) is 3. The maximum absolute atomic E-state index is 12.2. The van der Waals surface area contributed by atoms with Crippen LogP contribution in [0.4, 0.5) is 18.9 Å². The lowest BCUT2D eigenvalue weighted by molar-refractivity contribution is -0.274. The number of carbonyl (C=O) groups excluding carboxylic acids is 1. The quantitative estimate of drug-likeness (QED) is 0.739. The Morgan fingerprint density at radius 1 is 1.08 bits per heavy atom. The molecule has 0 spiro atoms. The fourth-order valence-corrected chi connectivity index (χ4v) is 2.54. The minimum Gasteiger partial charge on any atom is -0.497 e. The van der Waals surface area contributed by atoms with Gasteiger partial charge in [0, 0.05) is 22.8 Å². The maximum atomic E-state index is 12.2. The molecule has 0 atom stereocenters. The van der Waals surface area contributed by atoms with E-state index in [0.29, 0.717) is 5.69 Å². The van der Waals surface area contributed by atoms with Crippen LogP contribution in [0.2, 0.25) is 0 Å². The Morgan fingerprint density at radius 2 is 1.77 bits per heavy atom. The molecule has 26 heavy (non-hydrogen) atoms. The molecule has 0 radical (unpaired) electrons. The van der Waals surface area contributed by atoms with Crippen LogP contribution in [-0.4, -0.2) is 23.9 Å². The molecule has 3 rings (SSSR count). The summed E-state index contributed by atoms with van der Waals surface area (Å²) in [6, 6.07) is 12.4. The third-order valence-corrected chi connectivity index (χ3v) is 3.66. The van der Waals surface area contributed by atoms with Crippen molar-refractivity contribution in [3.8, 4) is 11.5 Å². The van der Waals surface area contributed by atoms with Gasteiger partial charge in [-0.3, -0.25) is 4.79 Å². The molecule has 0 saturated carbocycles.